The molecule has 3 aromatic rings. The molecule has 1 heterocycles. The maximum Gasteiger partial charge on any atom is 0.352 e. The predicted octanol–water partition coefficient (Wildman–Crippen LogP) is 3.04. The largest absolute Gasteiger partial charge is 0.477 e. The van der Waals surface area contributed by atoms with Gasteiger partial charge < -0.3 is 20.6 Å². The van der Waals surface area contributed by atoms with Gasteiger partial charge in [0.05, 0.1) is 6.42 Å². The molecule has 0 spiro atoms. The van der Waals surface area contributed by atoms with Crippen molar-refractivity contribution in [2.24, 2.45) is 5.73 Å². The van der Waals surface area contributed by atoms with E-state index in [9.17, 15) is 14.7 Å². The molecule has 0 radical (unpaired) electrons. The van der Waals surface area contributed by atoms with Crippen molar-refractivity contribution in [2.75, 3.05) is 6.54 Å². The number of hydrogen-bond acceptors (Lipinski definition) is 4. The highest BCUT2D eigenvalue weighted by Gasteiger charge is 2.17. The van der Waals surface area contributed by atoms with Crippen LogP contribution in [0.3, 0.4) is 0 Å². The van der Waals surface area contributed by atoms with Crippen molar-refractivity contribution >= 4 is 22.8 Å². The summed E-state index contributed by atoms with van der Waals surface area (Å²) in [5, 5.41) is 10.2. The van der Waals surface area contributed by atoms with Crippen molar-refractivity contribution < 1.29 is 19.4 Å². The van der Waals surface area contributed by atoms with E-state index in [-0.39, 0.29) is 24.7 Å². The summed E-state index contributed by atoms with van der Waals surface area (Å²) >= 11 is 0. The number of ether oxygens (including phenoxy) is 1. The summed E-state index contributed by atoms with van der Waals surface area (Å²) in [6.07, 6.45) is 1.39. The number of nitrogens with two attached hydrogens (primary N) is 1. The monoisotopic (exact) mass is 366 g/mol. The lowest BCUT2D eigenvalue weighted by atomic mass is 10.0. The van der Waals surface area contributed by atoms with Crippen LogP contribution in [0, 0.1) is 0 Å². The van der Waals surface area contributed by atoms with E-state index in [0.717, 1.165) is 27.6 Å². The van der Waals surface area contributed by atoms with Crippen LogP contribution in [0.25, 0.3) is 10.9 Å². The molecule has 0 bridgehead atoms. The highest BCUT2D eigenvalue weighted by Crippen LogP contribution is 2.25. The second-order valence-electron chi connectivity index (χ2n) is 6.38. The molecule has 1 aromatic heterocycles. The Hall–Kier alpha value is -3.12. The predicted molar refractivity (Wildman–Crippen MR) is 103 cm³/mol. The Bertz CT molecular complexity index is 947. The summed E-state index contributed by atoms with van der Waals surface area (Å²) in [6.45, 7) is 0.716. The molecule has 0 unspecified atom stereocenters. The maximum atomic E-state index is 12.2. The summed E-state index contributed by atoms with van der Waals surface area (Å²) in [7, 11) is 0. The van der Waals surface area contributed by atoms with Gasteiger partial charge in [0.25, 0.3) is 0 Å². The van der Waals surface area contributed by atoms with Crippen molar-refractivity contribution in [1.29, 1.82) is 0 Å². The van der Waals surface area contributed by atoms with Crippen molar-refractivity contribution in [3.05, 3.63) is 70.9 Å². The third kappa shape index (κ3) is 4.54. The van der Waals surface area contributed by atoms with Gasteiger partial charge >= 0.3 is 11.9 Å². The molecular weight excluding hydrogens is 344 g/mol. The zero-order chi connectivity index (χ0) is 19.2. The number of carboxylic acid groups (broad SMARTS) is 1. The zero-order valence-corrected chi connectivity index (χ0v) is 14.9. The molecule has 0 atom stereocenters. The Balaban J connectivity index is 1.76. The minimum Gasteiger partial charge on any atom is -0.477 e. The summed E-state index contributed by atoms with van der Waals surface area (Å²) in [5.41, 5.74) is 8.93. The van der Waals surface area contributed by atoms with Crippen LogP contribution in [0.2, 0.25) is 0 Å². The lowest BCUT2D eigenvalue weighted by Gasteiger charge is -2.06. The van der Waals surface area contributed by atoms with Crippen LogP contribution in [-0.4, -0.2) is 28.6 Å². The van der Waals surface area contributed by atoms with E-state index in [0.29, 0.717) is 19.4 Å². The molecular formula is C21H22N2O4. The summed E-state index contributed by atoms with van der Waals surface area (Å²) in [5.74, 6) is -1.32. The number of carbonyl (C=O) groups excluding carboxylic acids is 1. The topological polar surface area (TPSA) is 105 Å². The number of H-pyrrole nitrogens is 1. The molecule has 0 saturated heterocycles. The number of aromatic amines is 1. The number of aromatic nitrogens is 1. The molecule has 0 fully saturated rings. The van der Waals surface area contributed by atoms with Gasteiger partial charge in [-0.3, -0.25) is 4.79 Å². The number of carboxylic acids is 1. The highest BCUT2D eigenvalue weighted by molar-refractivity contribution is 5.97. The molecule has 0 aliphatic heterocycles. The highest BCUT2D eigenvalue weighted by atomic mass is 16.5. The van der Waals surface area contributed by atoms with E-state index in [1.165, 1.54) is 0 Å². The third-order valence-electron chi connectivity index (χ3n) is 4.41. The van der Waals surface area contributed by atoms with E-state index in [1.807, 2.05) is 36.4 Å². The van der Waals surface area contributed by atoms with Gasteiger partial charge in [0.15, 0.2) is 0 Å². The quantitative estimate of drug-likeness (QED) is 0.531. The van der Waals surface area contributed by atoms with Crippen molar-refractivity contribution in [2.45, 2.75) is 25.9 Å². The molecule has 0 saturated carbocycles. The molecule has 2 aromatic carbocycles. The second kappa shape index (κ2) is 8.51. The zero-order valence-electron chi connectivity index (χ0n) is 14.9. The van der Waals surface area contributed by atoms with Crippen LogP contribution in [0.15, 0.2) is 48.5 Å². The number of benzene rings is 2. The van der Waals surface area contributed by atoms with Gasteiger partial charge in [-0.1, -0.05) is 36.4 Å². The number of nitrogens with one attached hydrogen (secondary N) is 1. The van der Waals surface area contributed by atoms with Crippen LogP contribution in [-0.2, 0) is 29.0 Å². The average molecular weight is 366 g/mol. The molecule has 6 nitrogen and oxygen atoms in total. The number of rotatable bonds is 8. The Morgan fingerprint density at radius 2 is 1.85 bits per heavy atom. The number of esters is 1. The first-order valence-corrected chi connectivity index (χ1v) is 8.85. The Morgan fingerprint density at radius 1 is 1.07 bits per heavy atom. The van der Waals surface area contributed by atoms with E-state index >= 15 is 0 Å². The molecule has 0 amide bonds. The number of carbonyl (C=O) groups is 2. The van der Waals surface area contributed by atoms with Crippen LogP contribution in [0.1, 0.15) is 33.6 Å². The Labute approximate surface area is 157 Å². The number of hydrogen-bond donors (Lipinski definition) is 3. The minimum absolute atomic E-state index is 0.132. The van der Waals surface area contributed by atoms with Gasteiger partial charge in [0, 0.05) is 10.9 Å². The molecule has 0 aliphatic rings. The number of aryl methyl sites for hydroxylation is 1. The first kappa shape index (κ1) is 18.7. The van der Waals surface area contributed by atoms with Crippen LogP contribution < -0.4 is 5.73 Å². The van der Waals surface area contributed by atoms with E-state index < -0.39 is 5.97 Å². The second-order valence-corrected chi connectivity index (χ2v) is 6.38. The Morgan fingerprint density at radius 3 is 2.56 bits per heavy atom. The average Bonchev–Trinajstić information content (AvgIpc) is 3.04. The molecule has 0 aliphatic carbocycles. The molecule has 6 heteroatoms. The molecule has 27 heavy (non-hydrogen) atoms. The van der Waals surface area contributed by atoms with Crippen molar-refractivity contribution in [3.63, 3.8) is 0 Å². The minimum atomic E-state index is -0.998. The van der Waals surface area contributed by atoms with E-state index in [2.05, 4.69) is 4.98 Å². The van der Waals surface area contributed by atoms with Gasteiger partial charge in [0.2, 0.25) is 0 Å². The van der Waals surface area contributed by atoms with Gasteiger partial charge in [-0.2, -0.15) is 0 Å². The Kier molecular flexibility index (Phi) is 5.88. The SMILES string of the molecule is NCCCc1c(C(=O)O)[nH]c2ccc(CC(=O)OCc3ccccc3)cc12. The van der Waals surface area contributed by atoms with E-state index in [1.54, 1.807) is 12.1 Å². The first-order chi connectivity index (χ1) is 13.1. The molecule has 3 rings (SSSR count). The fourth-order valence-electron chi connectivity index (χ4n) is 3.08. The number of aromatic carboxylic acids is 1. The van der Waals surface area contributed by atoms with E-state index in [4.69, 9.17) is 10.5 Å². The smallest absolute Gasteiger partial charge is 0.352 e. The van der Waals surface area contributed by atoms with Crippen LogP contribution in [0.5, 0.6) is 0 Å². The van der Waals surface area contributed by atoms with Gasteiger partial charge in [-0.05, 0) is 48.2 Å². The van der Waals surface area contributed by atoms with Gasteiger partial charge in [0.1, 0.15) is 12.3 Å². The standard InChI is InChI=1S/C21H22N2O4/c22-10-4-7-16-17-11-15(8-9-18(17)23-20(16)21(25)26)12-19(24)27-13-14-5-2-1-3-6-14/h1-3,5-6,8-9,11,23H,4,7,10,12-13,22H2,(H,25,26). The number of fused-ring (bicyclic) bond motifs is 1. The molecule has 4 N–H and O–H groups in total. The van der Waals surface area contributed by atoms with Crippen LogP contribution >= 0.6 is 0 Å². The lowest BCUT2D eigenvalue weighted by molar-refractivity contribution is -0.144. The van der Waals surface area contributed by atoms with Crippen molar-refractivity contribution in [3.8, 4) is 0 Å². The summed E-state index contributed by atoms with van der Waals surface area (Å²) in [4.78, 5) is 26.6. The normalized spacial score (nSPS) is 10.9. The summed E-state index contributed by atoms with van der Waals surface area (Å²) in [6, 6.07) is 15.0. The summed E-state index contributed by atoms with van der Waals surface area (Å²) < 4.78 is 5.33. The maximum absolute atomic E-state index is 12.2. The van der Waals surface area contributed by atoms with Gasteiger partial charge in [-0.25, -0.2) is 4.79 Å². The lowest BCUT2D eigenvalue weighted by Crippen LogP contribution is -2.08. The fourth-order valence-corrected chi connectivity index (χ4v) is 3.08. The molecule has 140 valence electrons. The fraction of sp³-hybridized carbons (Fsp3) is 0.238. The first-order valence-electron chi connectivity index (χ1n) is 8.85. The van der Waals surface area contributed by atoms with Crippen molar-refractivity contribution in [1.82, 2.24) is 4.98 Å². The van der Waals surface area contributed by atoms with Gasteiger partial charge in [-0.15, -0.1) is 0 Å². The van der Waals surface area contributed by atoms with Crippen LogP contribution in [0.4, 0.5) is 0 Å². The third-order valence-corrected chi connectivity index (χ3v) is 4.41.